The minimum atomic E-state index is -0.441. The number of non-ortho nitro benzene ring substituents is 1. The second kappa shape index (κ2) is 6.74. The maximum Gasteiger partial charge on any atom is 0.296 e. The minimum absolute atomic E-state index is 0.0267. The van der Waals surface area contributed by atoms with Crippen LogP contribution in [0.25, 0.3) is 10.9 Å². The van der Waals surface area contributed by atoms with E-state index < -0.39 is 4.92 Å². The molecule has 0 radical (unpaired) electrons. The third kappa shape index (κ3) is 3.50. The molecule has 0 aliphatic carbocycles. The average molecular weight is 292 g/mol. The van der Waals surface area contributed by atoms with Crippen molar-refractivity contribution < 1.29 is 19.2 Å². The number of carbonyl (C=O) groups is 1. The first-order valence-electron chi connectivity index (χ1n) is 6.63. The fraction of sp³-hybridized carbons (Fsp3) is 0.357. The Morgan fingerprint density at radius 1 is 1.33 bits per heavy atom. The van der Waals surface area contributed by atoms with Gasteiger partial charge in [0, 0.05) is 17.5 Å². The van der Waals surface area contributed by atoms with Crippen LogP contribution in [-0.4, -0.2) is 29.6 Å². The van der Waals surface area contributed by atoms with Crippen molar-refractivity contribution in [3.63, 3.8) is 0 Å². The topological polar surface area (TPSA) is 94.5 Å². The van der Waals surface area contributed by atoms with E-state index in [9.17, 15) is 14.9 Å². The maximum absolute atomic E-state index is 11.2. The Kier molecular flexibility index (Phi) is 4.76. The van der Waals surface area contributed by atoms with Gasteiger partial charge < -0.3 is 14.5 Å². The van der Waals surface area contributed by atoms with Crippen LogP contribution in [0, 0.1) is 10.1 Å². The predicted molar refractivity (Wildman–Crippen MR) is 76.5 cm³/mol. The summed E-state index contributed by atoms with van der Waals surface area (Å²) in [5.74, 6) is 0.478. The number of hydrogen-bond donors (Lipinski definition) is 1. The van der Waals surface area contributed by atoms with E-state index in [0.29, 0.717) is 36.2 Å². The number of nitrogens with zero attached hydrogens (tertiary/aromatic N) is 1. The highest BCUT2D eigenvalue weighted by molar-refractivity contribution is 5.90. The monoisotopic (exact) mass is 292 g/mol. The summed E-state index contributed by atoms with van der Waals surface area (Å²) >= 11 is 0. The number of aromatic amines is 1. The van der Waals surface area contributed by atoms with Crippen LogP contribution in [0.3, 0.4) is 0 Å². The van der Waals surface area contributed by atoms with Crippen LogP contribution in [0.5, 0.6) is 5.75 Å². The lowest BCUT2D eigenvalue weighted by Crippen LogP contribution is -1.97. The van der Waals surface area contributed by atoms with Crippen LogP contribution in [-0.2, 0) is 16.0 Å². The van der Waals surface area contributed by atoms with Crippen LogP contribution < -0.4 is 4.74 Å². The van der Waals surface area contributed by atoms with Gasteiger partial charge in [-0.1, -0.05) is 6.92 Å². The Morgan fingerprint density at radius 2 is 2.14 bits per heavy atom. The molecule has 0 aliphatic heterocycles. The lowest BCUT2D eigenvalue weighted by atomic mass is 10.2. The van der Waals surface area contributed by atoms with Gasteiger partial charge in [0.05, 0.1) is 24.2 Å². The molecular formula is C14H16N2O5. The smallest absolute Gasteiger partial charge is 0.296 e. The number of aromatic nitrogens is 1. The first kappa shape index (κ1) is 14.8. The molecule has 0 aliphatic rings. The van der Waals surface area contributed by atoms with E-state index in [-0.39, 0.29) is 12.3 Å². The number of H-pyrrole nitrogens is 1. The third-order valence-corrected chi connectivity index (χ3v) is 2.96. The van der Waals surface area contributed by atoms with Gasteiger partial charge in [-0.2, -0.15) is 0 Å². The number of rotatable bonds is 8. The Bertz CT molecular complexity index is 650. The molecule has 21 heavy (non-hydrogen) atoms. The molecule has 0 saturated carbocycles. The van der Waals surface area contributed by atoms with Crippen LogP contribution in [0.4, 0.5) is 5.69 Å². The van der Waals surface area contributed by atoms with E-state index in [2.05, 4.69) is 9.72 Å². The maximum atomic E-state index is 11.2. The van der Waals surface area contributed by atoms with Crippen molar-refractivity contribution in [2.75, 3.05) is 13.2 Å². The van der Waals surface area contributed by atoms with Crippen molar-refractivity contribution in [2.45, 2.75) is 19.8 Å². The molecule has 0 atom stereocenters. The number of hydrogen-bond acceptors (Lipinski definition) is 5. The van der Waals surface area contributed by atoms with Crippen molar-refractivity contribution in [1.29, 1.82) is 0 Å². The summed E-state index contributed by atoms with van der Waals surface area (Å²) < 4.78 is 10.1. The summed E-state index contributed by atoms with van der Waals surface area (Å²) in [6.07, 6.45) is 1.29. The molecule has 0 saturated heterocycles. The number of ether oxygens (including phenoxy) is 2. The molecule has 7 heteroatoms. The van der Waals surface area contributed by atoms with Crippen molar-refractivity contribution in [3.05, 3.63) is 34.0 Å². The van der Waals surface area contributed by atoms with Gasteiger partial charge in [0.1, 0.15) is 11.3 Å². The van der Waals surface area contributed by atoms with E-state index in [4.69, 9.17) is 4.74 Å². The normalized spacial score (nSPS) is 10.5. The van der Waals surface area contributed by atoms with Crippen LogP contribution >= 0.6 is 0 Å². The van der Waals surface area contributed by atoms with Crippen LogP contribution in [0.15, 0.2) is 18.2 Å². The summed E-state index contributed by atoms with van der Waals surface area (Å²) in [7, 11) is 0. The quantitative estimate of drug-likeness (QED) is 0.349. The first-order valence-corrected chi connectivity index (χ1v) is 6.63. The van der Waals surface area contributed by atoms with Crippen LogP contribution in [0.2, 0.25) is 0 Å². The molecule has 1 aromatic heterocycles. The van der Waals surface area contributed by atoms with Gasteiger partial charge in [0.25, 0.3) is 12.2 Å². The number of fused-ring (bicyclic) bond motifs is 1. The Morgan fingerprint density at radius 3 is 2.81 bits per heavy atom. The van der Waals surface area contributed by atoms with Crippen LogP contribution in [0.1, 0.15) is 19.0 Å². The molecule has 2 aromatic rings. The van der Waals surface area contributed by atoms with Gasteiger partial charge in [-0.05, 0) is 18.6 Å². The first-order chi connectivity index (χ1) is 10.2. The predicted octanol–water partition coefficient (Wildman–Crippen LogP) is 2.58. The summed E-state index contributed by atoms with van der Waals surface area (Å²) in [5.41, 5.74) is 1.19. The van der Waals surface area contributed by atoms with E-state index in [1.807, 2.05) is 6.92 Å². The standard InChI is InChI=1S/C14H16N2O5/c1-2-4-21-12-7-10-6-11(3-5-20-9-17)15-14(10)13(8-12)16(18)19/h6-9,15H,2-5H2,1H3. The zero-order valence-electron chi connectivity index (χ0n) is 11.6. The molecule has 0 unspecified atom stereocenters. The minimum Gasteiger partial charge on any atom is -0.493 e. The van der Waals surface area contributed by atoms with E-state index in [1.54, 1.807) is 12.1 Å². The van der Waals surface area contributed by atoms with Gasteiger partial charge in [-0.3, -0.25) is 14.9 Å². The van der Waals surface area contributed by atoms with Crippen molar-refractivity contribution in [3.8, 4) is 5.75 Å². The summed E-state index contributed by atoms with van der Waals surface area (Å²) in [6.45, 7) is 3.08. The summed E-state index contributed by atoms with van der Waals surface area (Å²) in [4.78, 5) is 23.8. The van der Waals surface area contributed by atoms with E-state index >= 15 is 0 Å². The number of nitrogens with one attached hydrogen (secondary N) is 1. The molecular weight excluding hydrogens is 276 g/mol. The lowest BCUT2D eigenvalue weighted by Gasteiger charge is -2.04. The van der Waals surface area contributed by atoms with Gasteiger partial charge in [0.15, 0.2) is 0 Å². The number of nitro benzene ring substituents is 1. The number of carbonyl (C=O) groups excluding carboxylic acids is 1. The Labute approximate surface area is 121 Å². The van der Waals surface area contributed by atoms with E-state index in [1.165, 1.54) is 6.07 Å². The molecule has 2 rings (SSSR count). The van der Waals surface area contributed by atoms with Gasteiger partial charge in [-0.15, -0.1) is 0 Å². The van der Waals surface area contributed by atoms with Crippen molar-refractivity contribution >= 4 is 23.1 Å². The Balaban J connectivity index is 2.35. The fourth-order valence-electron chi connectivity index (χ4n) is 2.06. The zero-order chi connectivity index (χ0) is 15.2. The molecule has 0 spiro atoms. The molecule has 0 bridgehead atoms. The molecule has 1 aromatic carbocycles. The highest BCUT2D eigenvalue weighted by Gasteiger charge is 2.17. The molecule has 0 fully saturated rings. The average Bonchev–Trinajstić information content (AvgIpc) is 2.86. The fourth-order valence-corrected chi connectivity index (χ4v) is 2.06. The third-order valence-electron chi connectivity index (χ3n) is 2.96. The van der Waals surface area contributed by atoms with Gasteiger partial charge in [-0.25, -0.2) is 0 Å². The van der Waals surface area contributed by atoms with Crippen molar-refractivity contribution in [1.82, 2.24) is 4.98 Å². The zero-order valence-corrected chi connectivity index (χ0v) is 11.6. The van der Waals surface area contributed by atoms with Crippen molar-refractivity contribution in [2.24, 2.45) is 0 Å². The number of benzene rings is 1. The number of nitro groups is 1. The Hall–Kier alpha value is -2.57. The molecule has 112 valence electrons. The molecule has 1 N–H and O–H groups in total. The second-order valence-electron chi connectivity index (χ2n) is 4.52. The van der Waals surface area contributed by atoms with Gasteiger partial charge >= 0.3 is 0 Å². The second-order valence-corrected chi connectivity index (χ2v) is 4.52. The largest absolute Gasteiger partial charge is 0.493 e. The lowest BCUT2D eigenvalue weighted by molar-refractivity contribution is -0.383. The summed E-state index contributed by atoms with van der Waals surface area (Å²) in [5, 5.41) is 11.9. The summed E-state index contributed by atoms with van der Waals surface area (Å²) in [6, 6.07) is 4.98. The molecule has 0 amide bonds. The van der Waals surface area contributed by atoms with E-state index in [0.717, 1.165) is 12.1 Å². The molecule has 7 nitrogen and oxygen atoms in total. The highest BCUT2D eigenvalue weighted by Crippen LogP contribution is 2.31. The highest BCUT2D eigenvalue weighted by atomic mass is 16.6. The SMILES string of the molecule is CCCOc1cc([N+](=O)[O-])c2[nH]c(CCOC=O)cc2c1. The molecule has 1 heterocycles. The van der Waals surface area contributed by atoms with Gasteiger partial charge in [0.2, 0.25) is 0 Å².